The van der Waals surface area contributed by atoms with Crippen molar-refractivity contribution in [1.82, 2.24) is 20.3 Å². The summed E-state index contributed by atoms with van der Waals surface area (Å²) in [6.45, 7) is 3.75. The minimum Gasteiger partial charge on any atom is -0.341 e. The number of carbonyl (C=O) groups excluding carboxylic acids is 1. The van der Waals surface area contributed by atoms with Gasteiger partial charge in [0.05, 0.1) is 17.1 Å². The van der Waals surface area contributed by atoms with Gasteiger partial charge in [-0.2, -0.15) is 0 Å². The molecular weight excluding hydrogens is 264 g/mol. The van der Waals surface area contributed by atoms with Gasteiger partial charge in [0, 0.05) is 5.69 Å². The Morgan fingerprint density at radius 3 is 2.71 bits per heavy atom. The van der Waals surface area contributed by atoms with Crippen LogP contribution < -0.4 is 5.32 Å². The van der Waals surface area contributed by atoms with Crippen molar-refractivity contribution in [3.05, 3.63) is 59.7 Å². The summed E-state index contributed by atoms with van der Waals surface area (Å²) in [7, 11) is 0. The van der Waals surface area contributed by atoms with Crippen molar-refractivity contribution < 1.29 is 4.79 Å². The second-order valence-corrected chi connectivity index (χ2v) is 5.00. The SMILES string of the molecule is Cc1cccc(C(=O)N[C@@H](C)c2nc3ccccc3[nH]2)n1. The summed E-state index contributed by atoms with van der Waals surface area (Å²) < 4.78 is 0. The third-order valence-electron chi connectivity index (χ3n) is 3.29. The summed E-state index contributed by atoms with van der Waals surface area (Å²) in [6.07, 6.45) is 0. The van der Waals surface area contributed by atoms with Crippen LogP contribution in [0.5, 0.6) is 0 Å². The maximum Gasteiger partial charge on any atom is 0.270 e. The Morgan fingerprint density at radius 2 is 1.95 bits per heavy atom. The Labute approximate surface area is 122 Å². The molecule has 5 nitrogen and oxygen atoms in total. The number of aryl methyl sites for hydroxylation is 1. The van der Waals surface area contributed by atoms with Crippen molar-refractivity contribution in [1.29, 1.82) is 0 Å². The van der Waals surface area contributed by atoms with Crippen LogP contribution in [-0.4, -0.2) is 20.9 Å². The van der Waals surface area contributed by atoms with Gasteiger partial charge in [-0.3, -0.25) is 4.79 Å². The van der Waals surface area contributed by atoms with E-state index in [-0.39, 0.29) is 11.9 Å². The van der Waals surface area contributed by atoms with Gasteiger partial charge in [0.1, 0.15) is 11.5 Å². The van der Waals surface area contributed by atoms with Crippen molar-refractivity contribution in [2.75, 3.05) is 0 Å². The molecule has 0 unspecified atom stereocenters. The van der Waals surface area contributed by atoms with Crippen LogP contribution in [0.1, 0.15) is 35.0 Å². The van der Waals surface area contributed by atoms with Gasteiger partial charge in [-0.1, -0.05) is 18.2 Å². The van der Waals surface area contributed by atoms with Crippen LogP contribution in [0.3, 0.4) is 0 Å². The zero-order chi connectivity index (χ0) is 14.8. The number of amides is 1. The number of rotatable bonds is 3. The van der Waals surface area contributed by atoms with E-state index in [1.165, 1.54) is 0 Å². The zero-order valence-electron chi connectivity index (χ0n) is 11.9. The standard InChI is InChI=1S/C16H16N4O/c1-10-6-5-9-14(17-10)16(21)18-11(2)15-19-12-7-3-4-8-13(12)20-15/h3-9,11H,1-2H3,(H,18,21)(H,19,20)/t11-/m0/s1. The van der Waals surface area contributed by atoms with Crippen LogP contribution in [0.2, 0.25) is 0 Å². The van der Waals surface area contributed by atoms with Crippen LogP contribution >= 0.6 is 0 Å². The highest BCUT2D eigenvalue weighted by Crippen LogP contribution is 2.15. The maximum absolute atomic E-state index is 12.2. The van der Waals surface area contributed by atoms with Crippen LogP contribution in [0.25, 0.3) is 11.0 Å². The van der Waals surface area contributed by atoms with E-state index in [2.05, 4.69) is 20.3 Å². The number of imidazole rings is 1. The Bertz CT molecular complexity index is 761. The van der Waals surface area contributed by atoms with Gasteiger partial charge in [0.25, 0.3) is 5.91 Å². The third kappa shape index (κ3) is 2.76. The van der Waals surface area contributed by atoms with Crippen molar-refractivity contribution in [2.24, 2.45) is 0 Å². The number of carbonyl (C=O) groups is 1. The molecule has 0 bridgehead atoms. The number of hydrogen-bond donors (Lipinski definition) is 2. The molecule has 0 saturated carbocycles. The second-order valence-electron chi connectivity index (χ2n) is 5.00. The molecule has 2 aromatic heterocycles. The molecule has 0 aliphatic heterocycles. The Hall–Kier alpha value is -2.69. The summed E-state index contributed by atoms with van der Waals surface area (Å²) in [5.74, 6) is 0.531. The minimum absolute atomic E-state index is 0.202. The van der Waals surface area contributed by atoms with E-state index in [9.17, 15) is 4.79 Å². The van der Waals surface area contributed by atoms with Crippen molar-refractivity contribution in [2.45, 2.75) is 19.9 Å². The molecule has 21 heavy (non-hydrogen) atoms. The van der Waals surface area contributed by atoms with Crippen molar-refractivity contribution >= 4 is 16.9 Å². The van der Waals surface area contributed by atoms with E-state index in [4.69, 9.17) is 0 Å². The monoisotopic (exact) mass is 280 g/mol. The van der Waals surface area contributed by atoms with E-state index < -0.39 is 0 Å². The number of fused-ring (bicyclic) bond motifs is 1. The van der Waals surface area contributed by atoms with E-state index in [0.717, 1.165) is 22.6 Å². The normalized spacial score (nSPS) is 12.3. The predicted molar refractivity (Wildman–Crippen MR) is 80.9 cm³/mol. The Balaban J connectivity index is 1.79. The molecule has 0 aliphatic rings. The van der Waals surface area contributed by atoms with Gasteiger partial charge in [0.2, 0.25) is 0 Å². The highest BCUT2D eigenvalue weighted by molar-refractivity contribution is 5.92. The lowest BCUT2D eigenvalue weighted by Crippen LogP contribution is -2.28. The van der Waals surface area contributed by atoms with Crippen LogP contribution in [0.15, 0.2) is 42.5 Å². The number of nitrogens with zero attached hydrogens (tertiary/aromatic N) is 2. The molecular formula is C16H16N4O. The van der Waals surface area contributed by atoms with E-state index in [0.29, 0.717) is 5.69 Å². The van der Waals surface area contributed by atoms with Gasteiger partial charge in [0.15, 0.2) is 0 Å². The summed E-state index contributed by atoms with van der Waals surface area (Å²) >= 11 is 0. The number of benzene rings is 1. The molecule has 3 rings (SSSR count). The first kappa shape index (κ1) is 13.3. The van der Waals surface area contributed by atoms with Gasteiger partial charge in [-0.25, -0.2) is 9.97 Å². The molecule has 3 aromatic rings. The fraction of sp³-hybridized carbons (Fsp3) is 0.188. The zero-order valence-corrected chi connectivity index (χ0v) is 11.9. The number of hydrogen-bond acceptors (Lipinski definition) is 3. The molecule has 2 heterocycles. The fourth-order valence-electron chi connectivity index (χ4n) is 2.19. The van der Waals surface area contributed by atoms with Crippen LogP contribution in [-0.2, 0) is 0 Å². The quantitative estimate of drug-likeness (QED) is 0.775. The summed E-state index contributed by atoms with van der Waals surface area (Å²) in [6, 6.07) is 13.0. The minimum atomic E-state index is -0.216. The van der Waals surface area contributed by atoms with Crippen LogP contribution in [0, 0.1) is 6.92 Å². The molecule has 0 fully saturated rings. The fourth-order valence-corrected chi connectivity index (χ4v) is 2.19. The molecule has 2 N–H and O–H groups in total. The number of nitrogens with one attached hydrogen (secondary N) is 2. The van der Waals surface area contributed by atoms with Crippen molar-refractivity contribution in [3.8, 4) is 0 Å². The molecule has 5 heteroatoms. The molecule has 1 atom stereocenters. The highest BCUT2D eigenvalue weighted by Gasteiger charge is 2.15. The number of aromatic amines is 1. The lowest BCUT2D eigenvalue weighted by Gasteiger charge is -2.11. The number of pyridine rings is 1. The molecule has 106 valence electrons. The highest BCUT2D eigenvalue weighted by atomic mass is 16.1. The average Bonchev–Trinajstić information content (AvgIpc) is 2.91. The molecule has 0 radical (unpaired) electrons. The van der Waals surface area contributed by atoms with Gasteiger partial charge in [-0.15, -0.1) is 0 Å². The van der Waals surface area contributed by atoms with Gasteiger partial charge < -0.3 is 10.3 Å². The van der Waals surface area contributed by atoms with Crippen molar-refractivity contribution in [3.63, 3.8) is 0 Å². The number of H-pyrrole nitrogens is 1. The molecule has 0 aliphatic carbocycles. The number of aromatic nitrogens is 3. The molecule has 0 saturated heterocycles. The molecule has 1 aromatic carbocycles. The van der Waals surface area contributed by atoms with E-state index in [1.807, 2.05) is 50.2 Å². The average molecular weight is 280 g/mol. The smallest absolute Gasteiger partial charge is 0.270 e. The molecule has 1 amide bonds. The largest absolute Gasteiger partial charge is 0.341 e. The lowest BCUT2D eigenvalue weighted by atomic mass is 10.2. The van der Waals surface area contributed by atoms with Gasteiger partial charge >= 0.3 is 0 Å². The summed E-state index contributed by atoms with van der Waals surface area (Å²) in [4.78, 5) is 24.1. The molecule has 0 spiro atoms. The van der Waals surface area contributed by atoms with E-state index in [1.54, 1.807) is 6.07 Å². The summed E-state index contributed by atoms with van der Waals surface area (Å²) in [5, 5.41) is 2.91. The first-order chi connectivity index (χ1) is 10.1. The predicted octanol–water partition coefficient (Wildman–Crippen LogP) is 2.76. The third-order valence-corrected chi connectivity index (χ3v) is 3.29. The summed E-state index contributed by atoms with van der Waals surface area (Å²) in [5.41, 5.74) is 3.08. The van der Waals surface area contributed by atoms with E-state index >= 15 is 0 Å². The first-order valence-corrected chi connectivity index (χ1v) is 6.82. The van der Waals surface area contributed by atoms with Gasteiger partial charge in [-0.05, 0) is 38.1 Å². The maximum atomic E-state index is 12.2. The number of para-hydroxylation sites is 2. The lowest BCUT2D eigenvalue weighted by molar-refractivity contribution is 0.0933. The van der Waals surface area contributed by atoms with Crippen LogP contribution in [0.4, 0.5) is 0 Å². The Morgan fingerprint density at radius 1 is 1.14 bits per heavy atom. The second kappa shape index (κ2) is 5.36. The topological polar surface area (TPSA) is 70.7 Å². The Kier molecular flexibility index (Phi) is 3.39. The first-order valence-electron chi connectivity index (χ1n) is 6.82.